The van der Waals surface area contributed by atoms with Crippen molar-refractivity contribution in [3.05, 3.63) is 54.7 Å². The monoisotopic (exact) mass is 374 g/mol. The van der Waals surface area contributed by atoms with Crippen LogP contribution in [0.1, 0.15) is 23.3 Å². The molecule has 1 amide bonds. The van der Waals surface area contributed by atoms with Crippen molar-refractivity contribution in [2.24, 2.45) is 0 Å². The van der Waals surface area contributed by atoms with Crippen molar-refractivity contribution < 1.29 is 4.79 Å². The van der Waals surface area contributed by atoms with Gasteiger partial charge in [-0.1, -0.05) is 0 Å². The molecule has 7 heteroatoms. The third kappa shape index (κ3) is 2.93. The summed E-state index contributed by atoms with van der Waals surface area (Å²) in [6, 6.07) is 8.15. The highest BCUT2D eigenvalue weighted by molar-refractivity contribution is 5.95. The van der Waals surface area contributed by atoms with Crippen LogP contribution in [0.5, 0.6) is 0 Å². The van der Waals surface area contributed by atoms with E-state index >= 15 is 0 Å². The van der Waals surface area contributed by atoms with Gasteiger partial charge < -0.3 is 15.2 Å². The summed E-state index contributed by atoms with van der Waals surface area (Å²) in [4.78, 5) is 27.1. The highest BCUT2D eigenvalue weighted by Crippen LogP contribution is 2.28. The number of piperidine rings is 1. The zero-order chi connectivity index (χ0) is 19.1. The van der Waals surface area contributed by atoms with Crippen molar-refractivity contribution >= 4 is 22.6 Å². The van der Waals surface area contributed by atoms with Crippen LogP contribution >= 0.6 is 0 Å². The van der Waals surface area contributed by atoms with Crippen molar-refractivity contribution in [2.45, 2.75) is 18.9 Å². The number of rotatable bonds is 3. The number of aromatic nitrogens is 4. The van der Waals surface area contributed by atoms with E-state index in [0.29, 0.717) is 5.69 Å². The van der Waals surface area contributed by atoms with Crippen LogP contribution in [0.3, 0.4) is 0 Å². The highest BCUT2D eigenvalue weighted by atomic mass is 16.2. The molecule has 1 aliphatic heterocycles. The molecule has 28 heavy (non-hydrogen) atoms. The highest BCUT2D eigenvalue weighted by Gasteiger charge is 2.21. The Morgan fingerprint density at radius 1 is 1.21 bits per heavy atom. The molecule has 1 fully saturated rings. The van der Waals surface area contributed by atoms with E-state index in [4.69, 9.17) is 0 Å². The molecule has 0 saturated carbocycles. The SMILES string of the molecule is CN1CCC(NC(=O)c2cnc3ccc(-c4c[nH]c5ncccc45)cn23)CC1. The van der Waals surface area contributed by atoms with Crippen LogP contribution in [0.15, 0.2) is 49.1 Å². The van der Waals surface area contributed by atoms with Crippen LogP contribution in [0.25, 0.3) is 27.8 Å². The second-order valence-electron chi connectivity index (χ2n) is 7.44. The number of amides is 1. The van der Waals surface area contributed by atoms with Gasteiger partial charge in [-0.2, -0.15) is 0 Å². The first-order valence-corrected chi connectivity index (χ1v) is 9.58. The number of nitrogens with zero attached hydrogens (tertiary/aromatic N) is 4. The molecule has 0 spiro atoms. The van der Waals surface area contributed by atoms with E-state index < -0.39 is 0 Å². The lowest BCUT2D eigenvalue weighted by molar-refractivity contribution is 0.0911. The van der Waals surface area contributed by atoms with Crippen molar-refractivity contribution in [3.63, 3.8) is 0 Å². The van der Waals surface area contributed by atoms with Gasteiger partial charge in [0.1, 0.15) is 17.0 Å². The molecule has 0 aliphatic carbocycles. The van der Waals surface area contributed by atoms with Crippen LogP contribution in [0.4, 0.5) is 0 Å². The van der Waals surface area contributed by atoms with Crippen molar-refractivity contribution in [1.82, 2.24) is 29.6 Å². The van der Waals surface area contributed by atoms with Gasteiger partial charge in [0, 0.05) is 41.1 Å². The molecule has 1 aliphatic rings. The van der Waals surface area contributed by atoms with Gasteiger partial charge in [-0.15, -0.1) is 0 Å². The minimum atomic E-state index is -0.0696. The summed E-state index contributed by atoms with van der Waals surface area (Å²) in [5, 5.41) is 4.23. The summed E-state index contributed by atoms with van der Waals surface area (Å²) in [5.74, 6) is -0.0696. The van der Waals surface area contributed by atoms with E-state index in [1.54, 1.807) is 12.4 Å². The molecule has 142 valence electrons. The molecule has 2 N–H and O–H groups in total. The number of imidazole rings is 1. The maximum Gasteiger partial charge on any atom is 0.270 e. The number of nitrogens with one attached hydrogen (secondary N) is 2. The summed E-state index contributed by atoms with van der Waals surface area (Å²) in [6.45, 7) is 2.02. The van der Waals surface area contributed by atoms with Gasteiger partial charge in [-0.05, 0) is 57.2 Å². The number of H-pyrrole nitrogens is 1. The van der Waals surface area contributed by atoms with Gasteiger partial charge in [0.15, 0.2) is 0 Å². The maximum atomic E-state index is 12.9. The standard InChI is InChI=1S/C21H22N6O/c1-26-9-6-15(7-10-26)25-21(28)18-12-23-19-5-4-14(13-27(18)19)17-11-24-20-16(17)3-2-8-22-20/h2-5,8,11-13,15H,6-7,9-10H2,1H3,(H,22,24)(H,25,28). The Hall–Kier alpha value is -3.19. The number of fused-ring (bicyclic) bond motifs is 2. The van der Waals surface area contributed by atoms with Gasteiger partial charge in [0.25, 0.3) is 5.91 Å². The molecule has 0 bridgehead atoms. The lowest BCUT2D eigenvalue weighted by atomic mass is 10.1. The van der Waals surface area contributed by atoms with Gasteiger partial charge in [0.2, 0.25) is 0 Å². The number of aromatic amines is 1. The zero-order valence-electron chi connectivity index (χ0n) is 15.7. The normalized spacial score (nSPS) is 16.0. The number of carbonyl (C=O) groups is 1. The molecule has 0 aromatic carbocycles. The average molecular weight is 374 g/mol. The number of likely N-dealkylation sites (tertiary alicyclic amines) is 1. The smallest absolute Gasteiger partial charge is 0.270 e. The topological polar surface area (TPSA) is 78.3 Å². The molecular formula is C21H22N6O. The number of hydrogen-bond donors (Lipinski definition) is 2. The lowest BCUT2D eigenvalue weighted by Gasteiger charge is -2.29. The first kappa shape index (κ1) is 16.9. The Kier molecular flexibility index (Phi) is 4.09. The number of hydrogen-bond acceptors (Lipinski definition) is 4. The molecular weight excluding hydrogens is 352 g/mol. The van der Waals surface area contributed by atoms with E-state index in [9.17, 15) is 4.79 Å². The average Bonchev–Trinajstić information content (AvgIpc) is 3.33. The summed E-state index contributed by atoms with van der Waals surface area (Å²) < 4.78 is 1.87. The van der Waals surface area contributed by atoms with Gasteiger partial charge >= 0.3 is 0 Å². The van der Waals surface area contributed by atoms with Crippen LogP contribution < -0.4 is 5.32 Å². The fourth-order valence-corrected chi connectivity index (χ4v) is 3.91. The first-order chi connectivity index (χ1) is 13.7. The van der Waals surface area contributed by atoms with Crippen molar-refractivity contribution in [1.29, 1.82) is 0 Å². The molecule has 0 atom stereocenters. The minimum absolute atomic E-state index is 0.0696. The summed E-state index contributed by atoms with van der Waals surface area (Å²) in [7, 11) is 2.12. The molecule has 0 unspecified atom stereocenters. The zero-order valence-corrected chi connectivity index (χ0v) is 15.7. The molecule has 5 heterocycles. The van der Waals surface area contributed by atoms with Gasteiger partial charge in [0.05, 0.1) is 6.20 Å². The van der Waals surface area contributed by atoms with Crippen molar-refractivity contribution in [2.75, 3.05) is 20.1 Å². The Morgan fingerprint density at radius 3 is 2.93 bits per heavy atom. The predicted molar refractivity (Wildman–Crippen MR) is 108 cm³/mol. The fraction of sp³-hybridized carbons (Fsp3) is 0.286. The predicted octanol–water partition coefficient (Wildman–Crippen LogP) is 2.70. The Morgan fingerprint density at radius 2 is 2.07 bits per heavy atom. The Labute approximate surface area is 162 Å². The second-order valence-corrected chi connectivity index (χ2v) is 7.44. The molecule has 7 nitrogen and oxygen atoms in total. The van der Waals surface area contributed by atoms with E-state index in [1.807, 2.05) is 41.1 Å². The van der Waals surface area contributed by atoms with Gasteiger partial charge in [-0.25, -0.2) is 9.97 Å². The van der Waals surface area contributed by atoms with Crippen LogP contribution in [0, 0.1) is 0 Å². The van der Waals surface area contributed by atoms with Crippen LogP contribution in [-0.2, 0) is 0 Å². The fourth-order valence-electron chi connectivity index (χ4n) is 3.91. The summed E-state index contributed by atoms with van der Waals surface area (Å²) in [6.07, 6.45) is 9.31. The largest absolute Gasteiger partial charge is 0.348 e. The van der Waals surface area contributed by atoms with Crippen molar-refractivity contribution in [3.8, 4) is 11.1 Å². The lowest BCUT2D eigenvalue weighted by Crippen LogP contribution is -2.43. The molecule has 0 radical (unpaired) electrons. The number of carbonyl (C=O) groups excluding carboxylic acids is 1. The Bertz CT molecular complexity index is 1150. The van der Waals surface area contributed by atoms with E-state index in [0.717, 1.165) is 53.7 Å². The van der Waals surface area contributed by atoms with E-state index in [-0.39, 0.29) is 11.9 Å². The molecule has 5 rings (SSSR count). The van der Waals surface area contributed by atoms with Crippen LogP contribution in [-0.4, -0.2) is 56.3 Å². The molecule has 4 aromatic rings. The van der Waals surface area contributed by atoms with E-state index in [2.05, 4.69) is 32.2 Å². The maximum absolute atomic E-state index is 12.9. The van der Waals surface area contributed by atoms with Crippen LogP contribution in [0.2, 0.25) is 0 Å². The Balaban J connectivity index is 1.47. The molecule has 1 saturated heterocycles. The summed E-state index contributed by atoms with van der Waals surface area (Å²) in [5.41, 5.74) is 4.24. The van der Waals surface area contributed by atoms with E-state index in [1.165, 1.54) is 0 Å². The third-order valence-corrected chi connectivity index (χ3v) is 5.55. The first-order valence-electron chi connectivity index (χ1n) is 9.58. The van der Waals surface area contributed by atoms with Gasteiger partial charge in [-0.3, -0.25) is 9.20 Å². The quantitative estimate of drug-likeness (QED) is 0.578. The third-order valence-electron chi connectivity index (χ3n) is 5.55. The summed E-state index contributed by atoms with van der Waals surface area (Å²) >= 11 is 0. The number of pyridine rings is 2. The minimum Gasteiger partial charge on any atom is -0.348 e. The second kappa shape index (κ2) is 6.76. The molecule has 4 aromatic heterocycles.